The number of benzene rings is 2. The second-order valence-corrected chi connectivity index (χ2v) is 7.03. The van der Waals surface area contributed by atoms with Gasteiger partial charge in [0.2, 0.25) is 5.91 Å². The van der Waals surface area contributed by atoms with E-state index in [4.69, 9.17) is 17.0 Å². The van der Waals surface area contributed by atoms with Crippen molar-refractivity contribution in [3.63, 3.8) is 0 Å². The molecule has 164 valence electrons. The van der Waals surface area contributed by atoms with Gasteiger partial charge in [-0.25, -0.2) is 0 Å². The first-order valence-corrected chi connectivity index (χ1v) is 10.3. The second-order valence-electron chi connectivity index (χ2n) is 6.62. The lowest BCUT2D eigenvalue weighted by atomic mass is 10.2. The molecule has 0 fully saturated rings. The monoisotopic (exact) mass is 442 g/mol. The highest BCUT2D eigenvalue weighted by atomic mass is 32.1. The average Bonchev–Trinajstić information content (AvgIpc) is 2.77. The van der Waals surface area contributed by atoms with Crippen molar-refractivity contribution in [2.24, 2.45) is 0 Å². The summed E-state index contributed by atoms with van der Waals surface area (Å²) in [6.45, 7) is 3.76. The lowest BCUT2D eigenvalue weighted by molar-refractivity contribution is -0.121. The van der Waals surface area contributed by atoms with Crippen LogP contribution >= 0.6 is 12.2 Å². The van der Waals surface area contributed by atoms with Crippen LogP contribution in [-0.4, -0.2) is 29.4 Å². The van der Waals surface area contributed by atoms with E-state index in [2.05, 4.69) is 28.4 Å². The lowest BCUT2D eigenvalue weighted by Crippen LogP contribution is -2.49. The van der Waals surface area contributed by atoms with E-state index in [1.165, 1.54) is 5.56 Å². The van der Waals surface area contributed by atoms with Gasteiger partial charge in [-0.3, -0.25) is 30.6 Å². The van der Waals surface area contributed by atoms with E-state index in [-0.39, 0.29) is 17.6 Å². The summed E-state index contributed by atoms with van der Waals surface area (Å²) in [4.78, 5) is 35.7. The molecule has 9 heteroatoms. The van der Waals surface area contributed by atoms with E-state index in [0.29, 0.717) is 23.4 Å². The van der Waals surface area contributed by atoms with Crippen molar-refractivity contribution in [1.29, 1.82) is 0 Å². The predicted octanol–water partition coefficient (Wildman–Crippen LogP) is 2.70. The lowest BCUT2D eigenvalue weighted by Gasteiger charge is -2.12. The van der Waals surface area contributed by atoms with Gasteiger partial charge in [0.25, 0.3) is 11.8 Å². The highest BCUT2D eigenvalue weighted by Gasteiger charge is 2.09. The SMILES string of the molecule is CCCC(=O)Nc1ccc(C(=O)NNC(=S)NC(=O)COc2ccc(CC)cc2)cc1. The third-order valence-corrected chi connectivity index (χ3v) is 4.36. The van der Waals surface area contributed by atoms with Crippen molar-refractivity contribution < 1.29 is 19.1 Å². The summed E-state index contributed by atoms with van der Waals surface area (Å²) >= 11 is 4.99. The van der Waals surface area contributed by atoms with Crippen LogP contribution < -0.4 is 26.2 Å². The van der Waals surface area contributed by atoms with Crippen molar-refractivity contribution in [1.82, 2.24) is 16.2 Å². The third kappa shape index (κ3) is 8.43. The molecule has 0 saturated heterocycles. The van der Waals surface area contributed by atoms with Gasteiger partial charge in [0.15, 0.2) is 11.7 Å². The quantitative estimate of drug-likeness (QED) is 0.370. The Morgan fingerprint density at radius 2 is 1.58 bits per heavy atom. The van der Waals surface area contributed by atoms with Crippen molar-refractivity contribution in [2.45, 2.75) is 33.1 Å². The summed E-state index contributed by atoms with van der Waals surface area (Å²) in [5.41, 5.74) is 7.00. The van der Waals surface area contributed by atoms with E-state index >= 15 is 0 Å². The molecule has 0 aliphatic rings. The molecular formula is C22H26N4O4S. The summed E-state index contributed by atoms with van der Waals surface area (Å²) in [6, 6.07) is 13.9. The largest absolute Gasteiger partial charge is 0.484 e. The van der Waals surface area contributed by atoms with Crippen molar-refractivity contribution >= 4 is 40.7 Å². The Morgan fingerprint density at radius 3 is 2.19 bits per heavy atom. The number of ether oxygens (including phenoxy) is 1. The zero-order chi connectivity index (χ0) is 22.6. The highest BCUT2D eigenvalue weighted by Crippen LogP contribution is 2.12. The molecule has 2 aromatic carbocycles. The van der Waals surface area contributed by atoms with E-state index in [1.807, 2.05) is 19.1 Å². The summed E-state index contributed by atoms with van der Waals surface area (Å²) in [5, 5.41) is 5.10. The minimum absolute atomic E-state index is 0.0632. The fraction of sp³-hybridized carbons (Fsp3) is 0.273. The average molecular weight is 443 g/mol. The zero-order valence-corrected chi connectivity index (χ0v) is 18.3. The Bertz CT molecular complexity index is 914. The van der Waals surface area contributed by atoms with Crippen molar-refractivity contribution in [3.05, 3.63) is 59.7 Å². The molecule has 0 heterocycles. The van der Waals surface area contributed by atoms with Crippen LogP contribution in [-0.2, 0) is 16.0 Å². The summed E-state index contributed by atoms with van der Waals surface area (Å²) < 4.78 is 5.40. The molecule has 3 amide bonds. The van der Waals surface area contributed by atoms with E-state index in [0.717, 1.165) is 12.8 Å². The van der Waals surface area contributed by atoms with E-state index in [1.54, 1.807) is 36.4 Å². The Balaban J connectivity index is 1.72. The molecule has 0 saturated carbocycles. The molecule has 0 radical (unpaired) electrons. The Labute approximate surface area is 186 Å². The Morgan fingerprint density at radius 1 is 0.903 bits per heavy atom. The maximum atomic E-state index is 12.2. The summed E-state index contributed by atoms with van der Waals surface area (Å²) in [5.74, 6) is -0.410. The van der Waals surface area contributed by atoms with E-state index in [9.17, 15) is 14.4 Å². The molecule has 0 atom stereocenters. The topological polar surface area (TPSA) is 109 Å². The first-order chi connectivity index (χ1) is 14.9. The smallest absolute Gasteiger partial charge is 0.269 e. The summed E-state index contributed by atoms with van der Waals surface area (Å²) in [7, 11) is 0. The van der Waals surface area contributed by atoms with E-state index < -0.39 is 11.8 Å². The van der Waals surface area contributed by atoms with Crippen LogP contribution in [0.5, 0.6) is 5.75 Å². The number of amides is 3. The van der Waals surface area contributed by atoms with Crippen molar-refractivity contribution in [3.8, 4) is 5.75 Å². The number of thiocarbonyl (C=S) groups is 1. The molecule has 0 aliphatic carbocycles. The molecule has 0 bridgehead atoms. The number of nitrogens with one attached hydrogen (secondary N) is 4. The van der Waals surface area contributed by atoms with Crippen LogP contribution in [0.1, 0.15) is 42.6 Å². The van der Waals surface area contributed by atoms with Crippen LogP contribution in [0.4, 0.5) is 5.69 Å². The first-order valence-electron chi connectivity index (χ1n) is 9.93. The number of hydrogen-bond acceptors (Lipinski definition) is 5. The number of anilines is 1. The van der Waals surface area contributed by atoms with Crippen LogP contribution in [0, 0.1) is 0 Å². The number of carbonyl (C=O) groups is 3. The molecule has 4 N–H and O–H groups in total. The maximum absolute atomic E-state index is 12.2. The van der Waals surface area contributed by atoms with Gasteiger partial charge in [-0.2, -0.15) is 0 Å². The molecule has 0 spiro atoms. The number of hydrogen-bond donors (Lipinski definition) is 4. The minimum Gasteiger partial charge on any atom is -0.484 e. The van der Waals surface area contributed by atoms with Crippen LogP contribution in [0.25, 0.3) is 0 Å². The molecule has 2 rings (SSSR count). The predicted molar refractivity (Wildman–Crippen MR) is 123 cm³/mol. The van der Waals surface area contributed by atoms with Gasteiger partial charge >= 0.3 is 0 Å². The number of hydrazine groups is 1. The highest BCUT2D eigenvalue weighted by molar-refractivity contribution is 7.80. The molecule has 8 nitrogen and oxygen atoms in total. The second kappa shape index (κ2) is 12.3. The van der Waals surface area contributed by atoms with Crippen LogP contribution in [0.2, 0.25) is 0 Å². The van der Waals surface area contributed by atoms with Gasteiger partial charge in [0, 0.05) is 17.7 Å². The summed E-state index contributed by atoms with van der Waals surface area (Å²) in [6.07, 6.45) is 2.12. The van der Waals surface area contributed by atoms with Gasteiger partial charge in [-0.1, -0.05) is 26.0 Å². The molecular weight excluding hydrogens is 416 g/mol. The number of rotatable bonds is 8. The van der Waals surface area contributed by atoms with Gasteiger partial charge in [0.1, 0.15) is 5.75 Å². The molecule has 0 aliphatic heterocycles. The van der Waals surface area contributed by atoms with Gasteiger partial charge in [0.05, 0.1) is 0 Å². The maximum Gasteiger partial charge on any atom is 0.269 e. The zero-order valence-electron chi connectivity index (χ0n) is 17.5. The van der Waals surface area contributed by atoms with Gasteiger partial charge in [-0.15, -0.1) is 0 Å². The molecule has 2 aromatic rings. The molecule has 0 unspecified atom stereocenters. The standard InChI is InChI=1S/C22H26N4O4S/c1-3-5-19(27)23-17-10-8-16(9-11-17)21(29)25-26-22(31)24-20(28)14-30-18-12-6-15(4-2)7-13-18/h6-13H,3-5,14H2,1-2H3,(H,23,27)(H,25,29)(H2,24,26,28,31). The minimum atomic E-state index is -0.460. The van der Waals surface area contributed by atoms with Crippen LogP contribution in [0.15, 0.2) is 48.5 Å². The molecule has 0 aromatic heterocycles. The number of aryl methyl sites for hydroxylation is 1. The van der Waals surface area contributed by atoms with Crippen molar-refractivity contribution in [2.75, 3.05) is 11.9 Å². The fourth-order valence-electron chi connectivity index (χ4n) is 2.51. The fourth-order valence-corrected chi connectivity index (χ4v) is 2.67. The molecule has 31 heavy (non-hydrogen) atoms. The first kappa shape index (κ1) is 23.8. The number of carbonyl (C=O) groups excluding carboxylic acids is 3. The Hall–Kier alpha value is -3.46. The normalized spacial score (nSPS) is 10.0. The van der Waals surface area contributed by atoms with Crippen LogP contribution in [0.3, 0.4) is 0 Å². The van der Waals surface area contributed by atoms with Gasteiger partial charge in [-0.05, 0) is 67.0 Å². The Kier molecular flexibility index (Phi) is 9.44. The third-order valence-electron chi connectivity index (χ3n) is 4.15. The van der Waals surface area contributed by atoms with Gasteiger partial charge < -0.3 is 10.1 Å².